The highest BCUT2D eigenvalue weighted by atomic mass is 32.2. The van der Waals surface area contributed by atoms with Crippen molar-refractivity contribution in [1.82, 2.24) is 14.7 Å². The number of nitrogens with one attached hydrogen (secondary N) is 1. The molecule has 0 unspecified atom stereocenters. The molecule has 3 aromatic rings. The number of nitrogens with two attached hydrogens (primary N) is 1. The number of thiazole rings is 2. The van der Waals surface area contributed by atoms with Crippen LogP contribution in [-0.4, -0.2) is 24.9 Å². The molecule has 0 saturated heterocycles. The number of anilines is 2. The number of halogens is 2. The zero-order valence-corrected chi connectivity index (χ0v) is 19.4. The normalized spacial score (nSPS) is 18.1. The summed E-state index contributed by atoms with van der Waals surface area (Å²) in [6, 6.07) is 3.15. The van der Waals surface area contributed by atoms with E-state index >= 15 is 0 Å². The Hall–Kier alpha value is -2.15. The summed E-state index contributed by atoms with van der Waals surface area (Å²) < 4.78 is 57.6. The SMILES string of the molecule is Nc1nc2c(s1)CN(c1nc(S(=O)(=O)NC3(c4cc(F)ccc4F)CCCC3)cs1)CC2. The van der Waals surface area contributed by atoms with Gasteiger partial charge in [0.05, 0.1) is 17.8 Å². The van der Waals surface area contributed by atoms with Crippen molar-refractivity contribution in [1.29, 1.82) is 0 Å². The Labute approximate surface area is 192 Å². The maximum absolute atomic E-state index is 14.6. The minimum absolute atomic E-state index is 0.0420. The van der Waals surface area contributed by atoms with Crippen molar-refractivity contribution >= 4 is 43.0 Å². The van der Waals surface area contributed by atoms with Gasteiger partial charge in [0.15, 0.2) is 15.3 Å². The first-order valence-electron chi connectivity index (χ1n) is 10.2. The van der Waals surface area contributed by atoms with Gasteiger partial charge in [0.25, 0.3) is 10.0 Å². The molecule has 7 nitrogen and oxygen atoms in total. The van der Waals surface area contributed by atoms with Crippen LogP contribution < -0.4 is 15.4 Å². The third-order valence-corrected chi connectivity index (χ3v) is 9.38. The zero-order valence-electron chi connectivity index (χ0n) is 17.0. The van der Waals surface area contributed by atoms with E-state index in [2.05, 4.69) is 14.7 Å². The Morgan fingerprint density at radius 2 is 1.97 bits per heavy atom. The van der Waals surface area contributed by atoms with Crippen molar-refractivity contribution in [3.63, 3.8) is 0 Å². The van der Waals surface area contributed by atoms with E-state index in [1.165, 1.54) is 28.1 Å². The van der Waals surface area contributed by atoms with Crippen LogP contribution in [0.3, 0.4) is 0 Å². The Morgan fingerprint density at radius 3 is 2.75 bits per heavy atom. The van der Waals surface area contributed by atoms with E-state index in [9.17, 15) is 17.2 Å². The van der Waals surface area contributed by atoms with Gasteiger partial charge in [-0.1, -0.05) is 12.8 Å². The van der Waals surface area contributed by atoms with E-state index in [4.69, 9.17) is 5.73 Å². The second kappa shape index (κ2) is 8.01. The van der Waals surface area contributed by atoms with Crippen LogP contribution in [0.2, 0.25) is 0 Å². The Bertz CT molecular complexity index is 1270. The molecule has 32 heavy (non-hydrogen) atoms. The van der Waals surface area contributed by atoms with E-state index < -0.39 is 27.2 Å². The van der Waals surface area contributed by atoms with E-state index in [-0.39, 0.29) is 10.6 Å². The van der Waals surface area contributed by atoms with Crippen molar-refractivity contribution in [2.75, 3.05) is 17.2 Å². The van der Waals surface area contributed by atoms with Gasteiger partial charge < -0.3 is 10.6 Å². The lowest BCUT2D eigenvalue weighted by Gasteiger charge is -2.30. The summed E-state index contributed by atoms with van der Waals surface area (Å²) >= 11 is 2.66. The van der Waals surface area contributed by atoms with Crippen LogP contribution in [0, 0.1) is 11.6 Å². The molecule has 170 valence electrons. The molecular weight excluding hydrogens is 476 g/mol. The maximum Gasteiger partial charge on any atom is 0.259 e. The second-order valence-corrected chi connectivity index (χ2v) is 11.7. The van der Waals surface area contributed by atoms with Crippen LogP contribution in [0.25, 0.3) is 0 Å². The number of hydrogen-bond acceptors (Lipinski definition) is 8. The van der Waals surface area contributed by atoms with Crippen molar-refractivity contribution in [2.24, 2.45) is 0 Å². The van der Waals surface area contributed by atoms with E-state index in [1.54, 1.807) is 0 Å². The molecule has 2 aliphatic rings. The molecule has 1 fully saturated rings. The molecule has 3 N–H and O–H groups in total. The number of sulfonamides is 1. The molecule has 1 saturated carbocycles. The van der Waals surface area contributed by atoms with Crippen LogP contribution in [0.5, 0.6) is 0 Å². The first-order chi connectivity index (χ1) is 15.3. The number of nitrogen functional groups attached to an aromatic ring is 1. The van der Waals surface area contributed by atoms with Crippen LogP contribution in [0.1, 0.15) is 41.8 Å². The molecule has 0 bridgehead atoms. The second-order valence-electron chi connectivity index (χ2n) is 8.08. The molecule has 2 aromatic heterocycles. The monoisotopic (exact) mass is 497 g/mol. The highest BCUT2D eigenvalue weighted by molar-refractivity contribution is 7.89. The number of benzene rings is 1. The van der Waals surface area contributed by atoms with Crippen LogP contribution in [0.15, 0.2) is 28.6 Å². The molecule has 5 rings (SSSR count). The van der Waals surface area contributed by atoms with Crippen LogP contribution >= 0.6 is 22.7 Å². The average molecular weight is 498 g/mol. The van der Waals surface area contributed by atoms with Crippen molar-refractivity contribution < 1.29 is 17.2 Å². The highest BCUT2D eigenvalue weighted by Crippen LogP contribution is 2.41. The van der Waals surface area contributed by atoms with Crippen LogP contribution in [0.4, 0.5) is 19.0 Å². The summed E-state index contributed by atoms with van der Waals surface area (Å²) in [5.74, 6) is -1.22. The third kappa shape index (κ3) is 3.89. The van der Waals surface area contributed by atoms with Crippen molar-refractivity contribution in [3.05, 3.63) is 51.3 Å². The smallest absolute Gasteiger partial charge is 0.259 e. The van der Waals surface area contributed by atoms with Gasteiger partial charge in [0.2, 0.25) is 0 Å². The predicted octanol–water partition coefficient (Wildman–Crippen LogP) is 3.77. The summed E-state index contributed by atoms with van der Waals surface area (Å²) in [6.07, 6.45) is 2.94. The molecule has 1 aliphatic carbocycles. The molecule has 12 heteroatoms. The number of fused-ring (bicyclic) bond motifs is 1. The summed E-state index contributed by atoms with van der Waals surface area (Å²) in [4.78, 5) is 11.7. The molecule has 1 aromatic carbocycles. The number of hydrogen-bond donors (Lipinski definition) is 2. The lowest BCUT2D eigenvalue weighted by Crippen LogP contribution is -2.44. The fourth-order valence-electron chi connectivity index (χ4n) is 4.48. The van der Waals surface area contributed by atoms with Crippen molar-refractivity contribution in [2.45, 2.75) is 49.2 Å². The lowest BCUT2D eigenvalue weighted by molar-refractivity contribution is 0.382. The molecule has 0 atom stereocenters. The fourth-order valence-corrected chi connectivity index (χ4v) is 7.93. The molecule has 0 spiro atoms. The maximum atomic E-state index is 14.6. The minimum Gasteiger partial charge on any atom is -0.375 e. The van der Waals surface area contributed by atoms with Gasteiger partial charge in [-0.15, -0.1) is 22.7 Å². The van der Waals surface area contributed by atoms with Gasteiger partial charge >= 0.3 is 0 Å². The van der Waals surface area contributed by atoms with Gasteiger partial charge in [0.1, 0.15) is 11.6 Å². The molecular formula is C20H21F2N5O2S3. The quantitative estimate of drug-likeness (QED) is 0.557. The fraction of sp³-hybridized carbons (Fsp3) is 0.400. The number of nitrogens with zero attached hydrogens (tertiary/aromatic N) is 3. The van der Waals surface area contributed by atoms with Gasteiger partial charge in [0, 0.05) is 28.8 Å². The highest BCUT2D eigenvalue weighted by Gasteiger charge is 2.42. The van der Waals surface area contributed by atoms with Gasteiger partial charge in [-0.25, -0.2) is 27.2 Å². The Balaban J connectivity index is 1.41. The van der Waals surface area contributed by atoms with E-state index in [1.807, 2.05) is 4.90 Å². The first kappa shape index (κ1) is 21.7. The molecule has 0 radical (unpaired) electrons. The standard InChI is InChI=1S/C20H21F2N5O2S3/c21-12-3-4-14(22)13(9-12)20(6-1-2-7-20)26-32(28,29)17-11-30-19(25-17)27-8-5-15-16(10-27)31-18(23)24-15/h3-4,9,11,26H,1-2,5-8,10H2,(H2,23,24). The Kier molecular flexibility index (Phi) is 5.43. The van der Waals surface area contributed by atoms with Gasteiger partial charge in [-0.05, 0) is 31.0 Å². The summed E-state index contributed by atoms with van der Waals surface area (Å²) in [7, 11) is -4.05. The number of aromatic nitrogens is 2. The third-order valence-electron chi connectivity index (χ3n) is 6.00. The summed E-state index contributed by atoms with van der Waals surface area (Å²) in [5, 5.41) is 2.48. The number of rotatable bonds is 5. The molecule has 3 heterocycles. The summed E-state index contributed by atoms with van der Waals surface area (Å²) in [6.45, 7) is 1.23. The molecule has 0 amide bonds. The predicted molar refractivity (Wildman–Crippen MR) is 120 cm³/mol. The van der Waals surface area contributed by atoms with Gasteiger partial charge in [-0.2, -0.15) is 4.72 Å². The largest absolute Gasteiger partial charge is 0.375 e. The zero-order chi connectivity index (χ0) is 22.5. The van der Waals surface area contributed by atoms with Crippen LogP contribution in [-0.2, 0) is 28.5 Å². The van der Waals surface area contributed by atoms with Gasteiger partial charge in [-0.3, -0.25) is 0 Å². The van der Waals surface area contributed by atoms with E-state index in [0.717, 1.165) is 41.6 Å². The first-order valence-corrected chi connectivity index (χ1v) is 13.4. The lowest BCUT2D eigenvalue weighted by atomic mass is 9.89. The Morgan fingerprint density at radius 1 is 1.19 bits per heavy atom. The average Bonchev–Trinajstić information content (AvgIpc) is 3.48. The topological polar surface area (TPSA) is 101 Å². The summed E-state index contributed by atoms with van der Waals surface area (Å²) in [5.41, 5.74) is 5.64. The van der Waals surface area contributed by atoms with E-state index in [0.29, 0.717) is 42.6 Å². The molecule has 1 aliphatic heterocycles. The minimum atomic E-state index is -4.05. The van der Waals surface area contributed by atoms with Crippen molar-refractivity contribution in [3.8, 4) is 0 Å².